The largest absolute Gasteiger partial charge is 0.377 e. The Morgan fingerprint density at radius 1 is 1.31 bits per heavy atom. The van der Waals surface area contributed by atoms with Crippen molar-refractivity contribution in [3.05, 3.63) is 41.5 Å². The second kappa shape index (κ2) is 8.88. The van der Waals surface area contributed by atoms with Gasteiger partial charge in [-0.15, -0.1) is 12.4 Å². The van der Waals surface area contributed by atoms with Gasteiger partial charge in [-0.1, -0.05) is 6.92 Å². The Morgan fingerprint density at radius 2 is 2.08 bits per heavy atom. The van der Waals surface area contributed by atoms with Crippen LogP contribution in [0.4, 0.5) is 8.78 Å². The third-order valence-electron chi connectivity index (χ3n) is 4.61. The average Bonchev–Trinajstić information content (AvgIpc) is 2.97. The summed E-state index contributed by atoms with van der Waals surface area (Å²) in [5.41, 5.74) is 6.36. The van der Waals surface area contributed by atoms with Gasteiger partial charge in [0, 0.05) is 24.6 Å². The summed E-state index contributed by atoms with van der Waals surface area (Å²) in [6.07, 6.45) is 3.34. The molecule has 0 aliphatic heterocycles. The predicted molar refractivity (Wildman–Crippen MR) is 97.9 cm³/mol. The average molecular weight is 387 g/mol. The molecule has 0 bridgehead atoms. The van der Waals surface area contributed by atoms with Gasteiger partial charge in [-0.3, -0.25) is 0 Å². The normalized spacial score (nSPS) is 22.9. The number of aromatic nitrogens is 3. The molecule has 2 N–H and O–H groups in total. The molecule has 3 rings (SSSR count). The fourth-order valence-electron chi connectivity index (χ4n) is 3.41. The van der Waals surface area contributed by atoms with E-state index in [-0.39, 0.29) is 36.2 Å². The van der Waals surface area contributed by atoms with Crippen molar-refractivity contribution in [2.45, 2.75) is 57.6 Å². The fraction of sp³-hybridized carbons (Fsp3) is 0.556. The van der Waals surface area contributed by atoms with Crippen molar-refractivity contribution in [2.75, 3.05) is 6.61 Å². The van der Waals surface area contributed by atoms with Gasteiger partial charge in [0.15, 0.2) is 0 Å². The van der Waals surface area contributed by atoms with Crippen molar-refractivity contribution in [3.8, 4) is 5.69 Å². The number of hydrogen-bond acceptors (Lipinski definition) is 4. The molecule has 0 radical (unpaired) electrons. The van der Waals surface area contributed by atoms with Crippen LogP contribution < -0.4 is 5.73 Å². The maximum atomic E-state index is 14.2. The summed E-state index contributed by atoms with van der Waals surface area (Å²) in [7, 11) is 0. The lowest BCUT2D eigenvalue weighted by molar-refractivity contribution is 0.0108. The summed E-state index contributed by atoms with van der Waals surface area (Å²) < 4.78 is 35.0. The number of ether oxygens (including phenoxy) is 1. The Kier molecular flexibility index (Phi) is 7.08. The third kappa shape index (κ3) is 4.39. The van der Waals surface area contributed by atoms with E-state index in [1.165, 1.54) is 4.68 Å². The highest BCUT2D eigenvalue weighted by Crippen LogP contribution is 2.34. The van der Waals surface area contributed by atoms with Crippen molar-refractivity contribution in [3.63, 3.8) is 0 Å². The van der Waals surface area contributed by atoms with Crippen molar-refractivity contribution >= 4 is 12.4 Å². The molecule has 3 atom stereocenters. The zero-order valence-corrected chi connectivity index (χ0v) is 15.8. The molecular formula is C18H25ClF2N4O. The van der Waals surface area contributed by atoms with E-state index in [0.29, 0.717) is 24.7 Å². The Hall–Kier alpha value is -1.57. The van der Waals surface area contributed by atoms with Gasteiger partial charge in [0.1, 0.15) is 29.0 Å². The lowest BCUT2D eigenvalue weighted by atomic mass is 9.83. The van der Waals surface area contributed by atoms with Gasteiger partial charge in [0.25, 0.3) is 0 Å². The van der Waals surface area contributed by atoms with Crippen LogP contribution in [0.5, 0.6) is 0 Å². The van der Waals surface area contributed by atoms with Gasteiger partial charge >= 0.3 is 0 Å². The highest BCUT2D eigenvalue weighted by atomic mass is 35.5. The van der Waals surface area contributed by atoms with Gasteiger partial charge < -0.3 is 10.5 Å². The molecule has 0 amide bonds. The summed E-state index contributed by atoms with van der Waals surface area (Å²) in [5, 5.41) is 4.28. The zero-order valence-electron chi connectivity index (χ0n) is 15.0. The van der Waals surface area contributed by atoms with Crippen LogP contribution >= 0.6 is 12.4 Å². The molecule has 144 valence electrons. The number of nitrogens with zero attached hydrogens (tertiary/aromatic N) is 3. The molecule has 0 spiro atoms. The molecule has 1 aliphatic carbocycles. The van der Waals surface area contributed by atoms with Crippen LogP contribution in [0.2, 0.25) is 0 Å². The third-order valence-corrected chi connectivity index (χ3v) is 4.61. The topological polar surface area (TPSA) is 66.0 Å². The molecular weight excluding hydrogens is 362 g/mol. The van der Waals surface area contributed by atoms with Gasteiger partial charge in [-0.05, 0) is 44.7 Å². The van der Waals surface area contributed by atoms with Crippen molar-refractivity contribution in [1.29, 1.82) is 0 Å². The van der Waals surface area contributed by atoms with E-state index in [0.717, 1.165) is 37.5 Å². The Morgan fingerprint density at radius 3 is 2.77 bits per heavy atom. The van der Waals surface area contributed by atoms with Crippen LogP contribution in [-0.2, 0) is 4.74 Å². The number of benzene rings is 1. The maximum Gasteiger partial charge on any atom is 0.149 e. The summed E-state index contributed by atoms with van der Waals surface area (Å²) >= 11 is 0. The first-order valence-electron chi connectivity index (χ1n) is 8.75. The molecule has 0 saturated heterocycles. The number of hydrogen-bond donors (Lipinski definition) is 1. The van der Waals surface area contributed by atoms with E-state index in [1.54, 1.807) is 6.92 Å². The highest BCUT2D eigenvalue weighted by Gasteiger charge is 2.32. The monoisotopic (exact) mass is 386 g/mol. The first-order valence-corrected chi connectivity index (χ1v) is 8.75. The fourth-order valence-corrected chi connectivity index (χ4v) is 3.41. The lowest BCUT2D eigenvalue weighted by Crippen LogP contribution is -2.42. The van der Waals surface area contributed by atoms with Gasteiger partial charge in [0.2, 0.25) is 0 Å². The Bertz CT molecular complexity index is 740. The SMILES string of the molecule is CCCO[C@@H]1CC[C@H](c2nc(C)nn2-c2cc(F)ccc2F)C[C@H]1N.Cl. The molecule has 1 aromatic heterocycles. The Balaban J connectivity index is 0.00000243. The lowest BCUT2D eigenvalue weighted by Gasteiger charge is -2.33. The van der Waals surface area contributed by atoms with E-state index in [9.17, 15) is 8.78 Å². The Labute approximate surface area is 158 Å². The number of aryl methyl sites for hydroxylation is 1. The molecule has 26 heavy (non-hydrogen) atoms. The highest BCUT2D eigenvalue weighted by molar-refractivity contribution is 5.85. The quantitative estimate of drug-likeness (QED) is 0.851. The van der Waals surface area contributed by atoms with Crippen LogP contribution in [-0.4, -0.2) is 33.5 Å². The van der Waals surface area contributed by atoms with Crippen molar-refractivity contribution in [2.24, 2.45) is 5.73 Å². The second-order valence-corrected chi connectivity index (χ2v) is 6.61. The predicted octanol–water partition coefficient (Wildman–Crippen LogP) is 3.67. The van der Waals surface area contributed by atoms with Gasteiger partial charge in [-0.25, -0.2) is 18.4 Å². The maximum absolute atomic E-state index is 14.2. The molecule has 1 aromatic carbocycles. The van der Waals surface area contributed by atoms with Crippen molar-refractivity contribution < 1.29 is 13.5 Å². The van der Waals surface area contributed by atoms with Crippen LogP contribution in [0.25, 0.3) is 5.69 Å². The minimum Gasteiger partial charge on any atom is -0.377 e. The number of nitrogens with two attached hydrogens (primary N) is 1. The first kappa shape index (κ1) is 20.7. The van der Waals surface area contributed by atoms with E-state index in [4.69, 9.17) is 10.5 Å². The minimum absolute atomic E-state index is 0. The summed E-state index contributed by atoms with van der Waals surface area (Å²) in [5.74, 6) is 0.156. The number of rotatable bonds is 5. The van der Waals surface area contributed by atoms with E-state index in [2.05, 4.69) is 17.0 Å². The zero-order chi connectivity index (χ0) is 18.0. The molecule has 1 aliphatic rings. The number of halogens is 3. The van der Waals surface area contributed by atoms with E-state index < -0.39 is 11.6 Å². The van der Waals surface area contributed by atoms with Crippen LogP contribution in [0.3, 0.4) is 0 Å². The molecule has 0 unspecified atom stereocenters. The molecule has 2 aromatic rings. The van der Waals surface area contributed by atoms with E-state index in [1.807, 2.05) is 0 Å². The standard InChI is InChI=1S/C18H24F2N4O.ClH/c1-3-8-25-17-7-4-12(9-15(17)21)18-22-11(2)23-24(18)16-10-13(19)5-6-14(16)20;/h5-6,10,12,15,17H,3-4,7-9,21H2,1-2H3;1H/t12-,15+,17+;/m0./s1. The van der Waals surface area contributed by atoms with Gasteiger partial charge in [-0.2, -0.15) is 5.10 Å². The second-order valence-electron chi connectivity index (χ2n) is 6.61. The van der Waals surface area contributed by atoms with Crippen LogP contribution in [0, 0.1) is 18.6 Å². The van der Waals surface area contributed by atoms with Crippen molar-refractivity contribution in [1.82, 2.24) is 14.8 Å². The van der Waals surface area contributed by atoms with Gasteiger partial charge in [0.05, 0.1) is 6.10 Å². The summed E-state index contributed by atoms with van der Waals surface area (Å²) in [6, 6.07) is 3.23. The van der Waals surface area contributed by atoms with E-state index >= 15 is 0 Å². The van der Waals surface area contributed by atoms with Crippen LogP contribution in [0.1, 0.15) is 50.2 Å². The smallest absolute Gasteiger partial charge is 0.149 e. The summed E-state index contributed by atoms with van der Waals surface area (Å²) in [6.45, 7) is 4.51. The minimum atomic E-state index is -0.531. The summed E-state index contributed by atoms with van der Waals surface area (Å²) in [4.78, 5) is 4.47. The van der Waals surface area contributed by atoms with Crippen LogP contribution in [0.15, 0.2) is 18.2 Å². The first-order chi connectivity index (χ1) is 12.0. The molecule has 5 nitrogen and oxygen atoms in total. The molecule has 1 fully saturated rings. The molecule has 8 heteroatoms. The molecule has 1 heterocycles. The molecule has 1 saturated carbocycles.